The first kappa shape index (κ1) is 17.7. The third-order valence-electron chi connectivity index (χ3n) is 3.33. The molecule has 5 nitrogen and oxygen atoms in total. The van der Waals surface area contributed by atoms with Gasteiger partial charge in [-0.15, -0.1) is 11.8 Å². The highest BCUT2D eigenvalue weighted by atomic mass is 32.2. The lowest BCUT2D eigenvalue weighted by Gasteiger charge is -2.26. The van der Waals surface area contributed by atoms with E-state index in [0.717, 1.165) is 31.2 Å². The molecule has 0 unspecified atom stereocenters. The number of hydrogen-bond acceptors (Lipinski definition) is 5. The van der Waals surface area contributed by atoms with Crippen LogP contribution in [0.2, 0.25) is 0 Å². The molecule has 1 aromatic rings. The van der Waals surface area contributed by atoms with E-state index in [1.165, 1.54) is 0 Å². The molecule has 1 saturated heterocycles. The van der Waals surface area contributed by atoms with E-state index in [1.54, 1.807) is 23.9 Å². The Morgan fingerprint density at radius 3 is 2.45 bits per heavy atom. The van der Waals surface area contributed by atoms with Crippen molar-refractivity contribution in [2.45, 2.75) is 28.9 Å². The van der Waals surface area contributed by atoms with Gasteiger partial charge in [0, 0.05) is 36.3 Å². The van der Waals surface area contributed by atoms with Crippen molar-refractivity contribution in [2.75, 3.05) is 39.4 Å². The normalized spacial score (nSPS) is 17.0. The standard InChI is InChI=1S/C15H24N2O3S2/c1-13(2)21-14-3-5-15(6-4-14)22(18,19)16-7-8-17-9-11-20-12-10-17/h3-6,13,16H,7-12H2,1-2H3. The second-order valence-electron chi connectivity index (χ2n) is 5.49. The molecular weight excluding hydrogens is 320 g/mol. The Labute approximate surface area is 137 Å². The summed E-state index contributed by atoms with van der Waals surface area (Å²) in [6.45, 7) is 8.54. The van der Waals surface area contributed by atoms with Gasteiger partial charge in [-0.1, -0.05) is 13.8 Å². The number of rotatable bonds is 7. The van der Waals surface area contributed by atoms with Gasteiger partial charge in [-0.05, 0) is 24.3 Å². The van der Waals surface area contributed by atoms with Crippen molar-refractivity contribution in [3.05, 3.63) is 24.3 Å². The van der Waals surface area contributed by atoms with Gasteiger partial charge in [0.05, 0.1) is 18.1 Å². The second-order valence-corrected chi connectivity index (χ2v) is 8.91. The minimum Gasteiger partial charge on any atom is -0.379 e. The molecule has 0 aliphatic carbocycles. The van der Waals surface area contributed by atoms with Crippen LogP contribution in [0.4, 0.5) is 0 Å². The number of thioether (sulfide) groups is 1. The van der Waals surface area contributed by atoms with Gasteiger partial charge in [-0.2, -0.15) is 0 Å². The topological polar surface area (TPSA) is 58.6 Å². The molecule has 1 fully saturated rings. The average molecular weight is 345 g/mol. The summed E-state index contributed by atoms with van der Waals surface area (Å²) in [4.78, 5) is 3.61. The van der Waals surface area contributed by atoms with Crippen molar-refractivity contribution in [2.24, 2.45) is 0 Å². The van der Waals surface area contributed by atoms with Crippen LogP contribution in [-0.2, 0) is 14.8 Å². The van der Waals surface area contributed by atoms with Crippen LogP contribution in [0.3, 0.4) is 0 Å². The van der Waals surface area contributed by atoms with E-state index in [1.807, 2.05) is 12.1 Å². The Hall–Kier alpha value is -0.600. The van der Waals surface area contributed by atoms with Gasteiger partial charge >= 0.3 is 0 Å². The fourth-order valence-electron chi connectivity index (χ4n) is 2.22. The van der Waals surface area contributed by atoms with Crippen LogP contribution in [0.25, 0.3) is 0 Å². The zero-order valence-electron chi connectivity index (χ0n) is 13.1. The lowest BCUT2D eigenvalue weighted by Crippen LogP contribution is -2.41. The molecule has 22 heavy (non-hydrogen) atoms. The Morgan fingerprint density at radius 2 is 1.86 bits per heavy atom. The zero-order valence-corrected chi connectivity index (χ0v) is 14.8. The van der Waals surface area contributed by atoms with Crippen LogP contribution >= 0.6 is 11.8 Å². The lowest BCUT2D eigenvalue weighted by atomic mass is 10.4. The van der Waals surface area contributed by atoms with Gasteiger partial charge < -0.3 is 4.74 Å². The number of nitrogens with one attached hydrogen (secondary N) is 1. The van der Waals surface area contributed by atoms with Gasteiger partial charge in [-0.3, -0.25) is 4.90 Å². The van der Waals surface area contributed by atoms with Crippen LogP contribution in [0.5, 0.6) is 0 Å². The van der Waals surface area contributed by atoms with Gasteiger partial charge in [0.2, 0.25) is 10.0 Å². The largest absolute Gasteiger partial charge is 0.379 e. The van der Waals surface area contributed by atoms with E-state index in [4.69, 9.17) is 4.74 Å². The number of sulfonamides is 1. The highest BCUT2D eigenvalue weighted by Crippen LogP contribution is 2.23. The predicted octanol–water partition coefficient (Wildman–Crippen LogP) is 1.80. The number of nitrogens with zero attached hydrogens (tertiary/aromatic N) is 1. The molecule has 1 aromatic carbocycles. The molecule has 124 valence electrons. The third kappa shape index (κ3) is 5.55. The molecule has 2 rings (SSSR count). The molecular formula is C15H24N2O3S2. The molecule has 0 amide bonds. The van der Waals surface area contributed by atoms with Crippen molar-refractivity contribution < 1.29 is 13.2 Å². The summed E-state index contributed by atoms with van der Waals surface area (Å²) < 4.78 is 32.4. The fourth-order valence-corrected chi connectivity index (χ4v) is 4.07. The number of ether oxygens (including phenoxy) is 1. The maximum atomic E-state index is 12.2. The van der Waals surface area contributed by atoms with E-state index in [2.05, 4.69) is 23.5 Å². The molecule has 0 radical (unpaired) electrons. The first-order valence-corrected chi connectivity index (χ1v) is 9.90. The molecule has 1 heterocycles. The van der Waals surface area contributed by atoms with E-state index in [0.29, 0.717) is 23.2 Å². The van der Waals surface area contributed by atoms with E-state index >= 15 is 0 Å². The first-order valence-electron chi connectivity index (χ1n) is 7.54. The smallest absolute Gasteiger partial charge is 0.240 e. The van der Waals surface area contributed by atoms with Crippen LogP contribution in [0.15, 0.2) is 34.1 Å². The summed E-state index contributed by atoms with van der Waals surface area (Å²) in [6, 6.07) is 7.06. The van der Waals surface area contributed by atoms with Crippen LogP contribution in [0, 0.1) is 0 Å². The minimum atomic E-state index is -3.42. The van der Waals surface area contributed by atoms with E-state index < -0.39 is 10.0 Å². The molecule has 0 atom stereocenters. The van der Waals surface area contributed by atoms with Gasteiger partial charge in [0.15, 0.2) is 0 Å². The fraction of sp³-hybridized carbons (Fsp3) is 0.600. The minimum absolute atomic E-state index is 0.322. The van der Waals surface area contributed by atoms with Gasteiger partial charge in [0.1, 0.15) is 0 Å². The molecule has 1 aliphatic rings. The van der Waals surface area contributed by atoms with Crippen molar-refractivity contribution in [1.82, 2.24) is 9.62 Å². The molecule has 0 spiro atoms. The van der Waals surface area contributed by atoms with Crippen LogP contribution in [-0.4, -0.2) is 58.0 Å². The maximum Gasteiger partial charge on any atom is 0.240 e. The summed E-state index contributed by atoms with van der Waals surface area (Å²) in [5.41, 5.74) is 0. The summed E-state index contributed by atoms with van der Waals surface area (Å²) in [6.07, 6.45) is 0. The van der Waals surface area contributed by atoms with Crippen molar-refractivity contribution in [3.8, 4) is 0 Å². The van der Waals surface area contributed by atoms with Crippen molar-refractivity contribution in [1.29, 1.82) is 0 Å². The highest BCUT2D eigenvalue weighted by Gasteiger charge is 2.15. The quantitative estimate of drug-likeness (QED) is 0.765. The Bertz CT molecular complexity index is 553. The first-order chi connectivity index (χ1) is 10.5. The summed E-state index contributed by atoms with van der Waals surface area (Å²) in [5.74, 6) is 0. The zero-order chi connectivity index (χ0) is 16.0. The summed E-state index contributed by atoms with van der Waals surface area (Å²) >= 11 is 1.72. The monoisotopic (exact) mass is 344 g/mol. The second kappa shape index (κ2) is 8.31. The highest BCUT2D eigenvalue weighted by molar-refractivity contribution is 7.99. The van der Waals surface area contributed by atoms with Crippen molar-refractivity contribution >= 4 is 21.8 Å². The molecule has 0 aromatic heterocycles. The van der Waals surface area contributed by atoms with Gasteiger partial charge in [0.25, 0.3) is 0 Å². The molecule has 0 saturated carbocycles. The Balaban J connectivity index is 1.86. The van der Waals surface area contributed by atoms with Crippen LogP contribution < -0.4 is 4.72 Å². The number of benzene rings is 1. The third-order valence-corrected chi connectivity index (χ3v) is 5.82. The van der Waals surface area contributed by atoms with Crippen LogP contribution in [0.1, 0.15) is 13.8 Å². The Morgan fingerprint density at radius 1 is 1.23 bits per heavy atom. The predicted molar refractivity (Wildman–Crippen MR) is 89.9 cm³/mol. The SMILES string of the molecule is CC(C)Sc1ccc(S(=O)(=O)NCCN2CCOCC2)cc1. The average Bonchev–Trinajstić information content (AvgIpc) is 2.48. The Kier molecular flexibility index (Phi) is 6.70. The number of hydrogen-bond donors (Lipinski definition) is 1. The maximum absolute atomic E-state index is 12.2. The van der Waals surface area contributed by atoms with E-state index in [9.17, 15) is 8.42 Å². The molecule has 1 aliphatic heterocycles. The molecule has 7 heteroatoms. The van der Waals surface area contributed by atoms with Gasteiger partial charge in [-0.25, -0.2) is 13.1 Å². The molecule has 0 bridgehead atoms. The molecule has 1 N–H and O–H groups in total. The number of morpholine rings is 1. The van der Waals surface area contributed by atoms with E-state index in [-0.39, 0.29) is 0 Å². The van der Waals surface area contributed by atoms with Crippen molar-refractivity contribution in [3.63, 3.8) is 0 Å². The lowest BCUT2D eigenvalue weighted by molar-refractivity contribution is 0.0390. The summed E-state index contributed by atoms with van der Waals surface area (Å²) in [7, 11) is -3.42. The summed E-state index contributed by atoms with van der Waals surface area (Å²) in [5, 5.41) is 0.481.